The van der Waals surface area contributed by atoms with Gasteiger partial charge in [-0.2, -0.15) is 0 Å². The van der Waals surface area contributed by atoms with E-state index in [-0.39, 0.29) is 12.4 Å². The van der Waals surface area contributed by atoms with Crippen LogP contribution in [0, 0.1) is 11.8 Å². The van der Waals surface area contributed by atoms with Crippen LogP contribution in [0.2, 0.25) is 0 Å². The summed E-state index contributed by atoms with van der Waals surface area (Å²) in [5.74, 6) is 1.26. The van der Waals surface area contributed by atoms with Gasteiger partial charge in [0.05, 0.1) is 12.7 Å². The minimum atomic E-state index is 0.0509. The topological polar surface area (TPSA) is 18.5 Å². The fourth-order valence-electron chi connectivity index (χ4n) is 2.11. The molecule has 13 heavy (non-hydrogen) atoms. The molecule has 0 saturated carbocycles. The predicted octanol–water partition coefficient (Wildman–Crippen LogP) is 2.35. The molecule has 2 heteroatoms. The van der Waals surface area contributed by atoms with Crippen LogP contribution in [0.5, 0.6) is 0 Å². The Morgan fingerprint density at radius 2 is 1.92 bits per heavy atom. The van der Waals surface area contributed by atoms with Gasteiger partial charge in [0.15, 0.2) is 6.29 Å². The maximum Gasteiger partial charge on any atom is 0.161 e. The van der Waals surface area contributed by atoms with E-state index >= 15 is 0 Å². The number of ether oxygens (including phenoxy) is 2. The van der Waals surface area contributed by atoms with Gasteiger partial charge in [0, 0.05) is 5.92 Å². The van der Waals surface area contributed by atoms with Crippen molar-refractivity contribution < 1.29 is 9.47 Å². The van der Waals surface area contributed by atoms with E-state index in [1.807, 2.05) is 0 Å². The summed E-state index contributed by atoms with van der Waals surface area (Å²) in [5, 5.41) is 0. The summed E-state index contributed by atoms with van der Waals surface area (Å²) in [5.41, 5.74) is 0. The molecule has 0 aromatic rings. The molecule has 2 aliphatic rings. The lowest BCUT2D eigenvalue weighted by molar-refractivity contribution is -0.108. The van der Waals surface area contributed by atoms with Crippen LogP contribution in [0.15, 0.2) is 12.2 Å². The summed E-state index contributed by atoms with van der Waals surface area (Å²) < 4.78 is 11.3. The standard InChI is InChI=1S/C11H18O2/c1-8-5-3-4-6-10(8)11-12-7-9(2)13-11/h3-4,8-11H,5-7H2,1-2H3/t8-,9-,10-,11+/m0/s1. The summed E-state index contributed by atoms with van der Waals surface area (Å²) in [6.07, 6.45) is 7.12. The van der Waals surface area contributed by atoms with Crippen molar-refractivity contribution in [3.63, 3.8) is 0 Å². The Labute approximate surface area is 79.9 Å². The molecule has 1 saturated heterocycles. The molecule has 2 rings (SSSR count). The highest BCUT2D eigenvalue weighted by molar-refractivity contribution is 4.94. The first kappa shape index (κ1) is 9.22. The van der Waals surface area contributed by atoms with Crippen LogP contribution >= 0.6 is 0 Å². The Morgan fingerprint density at radius 1 is 1.15 bits per heavy atom. The van der Waals surface area contributed by atoms with Crippen molar-refractivity contribution in [1.82, 2.24) is 0 Å². The van der Waals surface area contributed by atoms with E-state index in [9.17, 15) is 0 Å². The largest absolute Gasteiger partial charge is 0.350 e. The van der Waals surface area contributed by atoms with E-state index in [1.165, 1.54) is 6.42 Å². The SMILES string of the molecule is C[C@H]1CO[C@@H]([C@H]2CC=CC[C@@H]2C)O1. The van der Waals surface area contributed by atoms with E-state index in [4.69, 9.17) is 9.47 Å². The fourth-order valence-corrected chi connectivity index (χ4v) is 2.11. The number of hydrogen-bond acceptors (Lipinski definition) is 2. The van der Waals surface area contributed by atoms with Gasteiger partial charge in [0.2, 0.25) is 0 Å². The highest BCUT2D eigenvalue weighted by Crippen LogP contribution is 2.32. The summed E-state index contributed by atoms with van der Waals surface area (Å²) in [6, 6.07) is 0. The third kappa shape index (κ3) is 1.94. The Balaban J connectivity index is 1.96. The molecule has 0 aromatic heterocycles. The van der Waals surface area contributed by atoms with Crippen molar-refractivity contribution in [1.29, 1.82) is 0 Å². The molecular formula is C11H18O2. The minimum Gasteiger partial charge on any atom is -0.350 e. The van der Waals surface area contributed by atoms with Crippen molar-refractivity contribution in [2.45, 2.75) is 39.1 Å². The second-order valence-electron chi connectivity index (χ2n) is 4.23. The molecule has 0 aromatic carbocycles. The van der Waals surface area contributed by atoms with E-state index < -0.39 is 0 Å². The van der Waals surface area contributed by atoms with Crippen molar-refractivity contribution in [2.75, 3.05) is 6.61 Å². The summed E-state index contributed by atoms with van der Waals surface area (Å²) in [7, 11) is 0. The molecule has 1 aliphatic heterocycles. The Hall–Kier alpha value is -0.340. The lowest BCUT2D eigenvalue weighted by atomic mass is 9.84. The molecule has 0 unspecified atom stereocenters. The maximum absolute atomic E-state index is 5.72. The zero-order valence-corrected chi connectivity index (χ0v) is 8.40. The molecule has 1 aliphatic carbocycles. The summed E-state index contributed by atoms with van der Waals surface area (Å²) in [6.45, 7) is 5.12. The average molecular weight is 182 g/mol. The van der Waals surface area contributed by atoms with E-state index in [2.05, 4.69) is 26.0 Å². The fraction of sp³-hybridized carbons (Fsp3) is 0.818. The smallest absolute Gasteiger partial charge is 0.161 e. The molecular weight excluding hydrogens is 164 g/mol. The number of allylic oxidation sites excluding steroid dienone is 2. The van der Waals surface area contributed by atoms with Gasteiger partial charge >= 0.3 is 0 Å². The first-order valence-corrected chi connectivity index (χ1v) is 5.19. The second-order valence-corrected chi connectivity index (χ2v) is 4.23. The molecule has 1 heterocycles. The number of rotatable bonds is 1. The van der Waals surface area contributed by atoms with Crippen molar-refractivity contribution in [3.05, 3.63) is 12.2 Å². The van der Waals surface area contributed by atoms with Gasteiger partial charge in [-0.1, -0.05) is 19.1 Å². The van der Waals surface area contributed by atoms with Crippen molar-refractivity contribution in [3.8, 4) is 0 Å². The Morgan fingerprint density at radius 3 is 2.54 bits per heavy atom. The first-order valence-electron chi connectivity index (χ1n) is 5.19. The Kier molecular flexibility index (Phi) is 2.70. The van der Waals surface area contributed by atoms with Gasteiger partial charge in [0.25, 0.3) is 0 Å². The van der Waals surface area contributed by atoms with Crippen LogP contribution < -0.4 is 0 Å². The van der Waals surface area contributed by atoms with E-state index in [1.54, 1.807) is 0 Å². The minimum absolute atomic E-state index is 0.0509. The molecule has 0 N–H and O–H groups in total. The third-order valence-electron chi connectivity index (χ3n) is 3.02. The van der Waals surface area contributed by atoms with Crippen LogP contribution in [0.1, 0.15) is 26.7 Å². The predicted molar refractivity (Wildman–Crippen MR) is 51.3 cm³/mol. The lowest BCUT2D eigenvalue weighted by Crippen LogP contribution is -2.28. The Bertz CT molecular complexity index is 200. The quantitative estimate of drug-likeness (QED) is 0.579. The molecule has 74 valence electrons. The van der Waals surface area contributed by atoms with Crippen LogP contribution in [0.25, 0.3) is 0 Å². The van der Waals surface area contributed by atoms with Gasteiger partial charge in [-0.25, -0.2) is 0 Å². The normalized spacial score (nSPS) is 45.4. The molecule has 0 radical (unpaired) electrons. The highest BCUT2D eigenvalue weighted by atomic mass is 16.7. The molecule has 4 atom stereocenters. The molecule has 0 bridgehead atoms. The van der Waals surface area contributed by atoms with Gasteiger partial charge in [-0.05, 0) is 25.7 Å². The van der Waals surface area contributed by atoms with Crippen LogP contribution in [0.4, 0.5) is 0 Å². The summed E-state index contributed by atoms with van der Waals surface area (Å²) >= 11 is 0. The third-order valence-corrected chi connectivity index (χ3v) is 3.02. The van der Waals surface area contributed by atoms with E-state index in [0.29, 0.717) is 11.8 Å². The first-order chi connectivity index (χ1) is 6.27. The second kappa shape index (κ2) is 3.81. The van der Waals surface area contributed by atoms with Crippen molar-refractivity contribution >= 4 is 0 Å². The zero-order valence-electron chi connectivity index (χ0n) is 8.40. The zero-order chi connectivity index (χ0) is 9.26. The van der Waals surface area contributed by atoms with Gasteiger partial charge in [-0.3, -0.25) is 0 Å². The van der Waals surface area contributed by atoms with Crippen molar-refractivity contribution in [2.24, 2.45) is 11.8 Å². The van der Waals surface area contributed by atoms with Crippen LogP contribution in [0.3, 0.4) is 0 Å². The highest BCUT2D eigenvalue weighted by Gasteiger charge is 2.33. The van der Waals surface area contributed by atoms with Gasteiger partial charge < -0.3 is 9.47 Å². The summed E-state index contributed by atoms with van der Waals surface area (Å²) in [4.78, 5) is 0. The number of hydrogen-bond donors (Lipinski definition) is 0. The molecule has 0 spiro atoms. The molecule has 0 amide bonds. The van der Waals surface area contributed by atoms with Crippen LogP contribution in [-0.4, -0.2) is 19.0 Å². The van der Waals surface area contributed by atoms with Gasteiger partial charge in [-0.15, -0.1) is 0 Å². The monoisotopic (exact) mass is 182 g/mol. The van der Waals surface area contributed by atoms with Crippen LogP contribution in [-0.2, 0) is 9.47 Å². The molecule has 2 nitrogen and oxygen atoms in total. The van der Waals surface area contributed by atoms with E-state index in [0.717, 1.165) is 13.0 Å². The maximum atomic E-state index is 5.72. The van der Waals surface area contributed by atoms with Gasteiger partial charge in [0.1, 0.15) is 0 Å². The average Bonchev–Trinajstić information content (AvgIpc) is 2.53. The molecule has 1 fully saturated rings. The lowest BCUT2D eigenvalue weighted by Gasteiger charge is -2.29.